The van der Waals surface area contributed by atoms with Gasteiger partial charge in [0.1, 0.15) is 11.8 Å². The topological polar surface area (TPSA) is 50.5 Å². The number of piperidine rings is 1. The molecule has 1 aliphatic rings. The molecule has 0 bridgehead atoms. The van der Waals surface area contributed by atoms with Crippen molar-refractivity contribution in [3.63, 3.8) is 0 Å². The summed E-state index contributed by atoms with van der Waals surface area (Å²) >= 11 is 0. The highest BCUT2D eigenvalue weighted by molar-refractivity contribution is 5.69. The van der Waals surface area contributed by atoms with E-state index in [0.717, 1.165) is 49.2 Å². The van der Waals surface area contributed by atoms with E-state index in [0.29, 0.717) is 5.92 Å². The van der Waals surface area contributed by atoms with Crippen molar-refractivity contribution >= 4 is 17.6 Å². The SMILES string of the molecule is CC(C)c1cc2c(N3CCC(C=O)CC3)nccn2n1. The lowest BCUT2D eigenvalue weighted by Gasteiger charge is -2.30. The molecule has 0 amide bonds. The maximum Gasteiger partial charge on any atom is 0.154 e. The van der Waals surface area contributed by atoms with Crippen LogP contribution in [0.2, 0.25) is 0 Å². The van der Waals surface area contributed by atoms with Crippen molar-refractivity contribution in [1.82, 2.24) is 14.6 Å². The molecule has 5 nitrogen and oxygen atoms in total. The second kappa shape index (κ2) is 5.23. The Bertz CT molecular complexity index is 611. The van der Waals surface area contributed by atoms with E-state index in [4.69, 9.17) is 0 Å². The summed E-state index contributed by atoms with van der Waals surface area (Å²) in [5, 5.41) is 4.59. The third-order valence-corrected chi connectivity index (χ3v) is 4.01. The lowest BCUT2D eigenvalue weighted by molar-refractivity contribution is -0.111. The highest BCUT2D eigenvalue weighted by atomic mass is 16.1. The summed E-state index contributed by atoms with van der Waals surface area (Å²) < 4.78 is 1.91. The molecule has 0 unspecified atom stereocenters. The zero-order valence-corrected chi connectivity index (χ0v) is 12.0. The molecule has 3 heterocycles. The average Bonchev–Trinajstić information content (AvgIpc) is 2.91. The Labute approximate surface area is 118 Å². The molecule has 5 heteroatoms. The zero-order chi connectivity index (χ0) is 14.1. The van der Waals surface area contributed by atoms with E-state index in [2.05, 4.69) is 34.9 Å². The predicted octanol–water partition coefficient (Wildman–Crippen LogP) is 2.27. The molecule has 3 rings (SSSR count). The monoisotopic (exact) mass is 272 g/mol. The van der Waals surface area contributed by atoms with Crippen molar-refractivity contribution in [3.8, 4) is 0 Å². The van der Waals surface area contributed by atoms with Gasteiger partial charge in [-0.05, 0) is 24.8 Å². The number of carbonyl (C=O) groups excluding carboxylic acids is 1. The minimum atomic E-state index is 0.210. The van der Waals surface area contributed by atoms with Crippen LogP contribution >= 0.6 is 0 Å². The largest absolute Gasteiger partial charge is 0.355 e. The van der Waals surface area contributed by atoms with E-state index in [1.54, 1.807) is 6.20 Å². The fourth-order valence-electron chi connectivity index (χ4n) is 2.70. The molecule has 0 saturated carbocycles. The van der Waals surface area contributed by atoms with Crippen molar-refractivity contribution in [3.05, 3.63) is 24.2 Å². The van der Waals surface area contributed by atoms with E-state index in [9.17, 15) is 4.79 Å². The highest BCUT2D eigenvalue weighted by Crippen LogP contribution is 2.26. The molecule has 0 atom stereocenters. The predicted molar refractivity (Wildman–Crippen MR) is 78.1 cm³/mol. The Balaban J connectivity index is 1.93. The molecule has 0 spiro atoms. The summed E-state index contributed by atoms with van der Waals surface area (Å²) in [5.41, 5.74) is 2.14. The minimum Gasteiger partial charge on any atom is -0.355 e. The van der Waals surface area contributed by atoms with Crippen LogP contribution in [-0.4, -0.2) is 34.0 Å². The molecule has 20 heavy (non-hydrogen) atoms. The van der Waals surface area contributed by atoms with Crippen LogP contribution in [0.3, 0.4) is 0 Å². The summed E-state index contributed by atoms with van der Waals surface area (Å²) in [6.07, 6.45) is 6.60. The van der Waals surface area contributed by atoms with Crippen molar-refractivity contribution in [2.75, 3.05) is 18.0 Å². The van der Waals surface area contributed by atoms with Gasteiger partial charge in [0.25, 0.3) is 0 Å². The molecular formula is C15H20N4O. The van der Waals surface area contributed by atoms with Gasteiger partial charge in [-0.25, -0.2) is 9.50 Å². The van der Waals surface area contributed by atoms with E-state index in [-0.39, 0.29) is 5.92 Å². The second-order valence-corrected chi connectivity index (χ2v) is 5.77. The standard InChI is InChI=1S/C15H20N4O/c1-11(2)13-9-14-15(16-5-8-19(14)17-13)18-6-3-12(10-20)4-7-18/h5,8-12H,3-4,6-7H2,1-2H3. The summed E-state index contributed by atoms with van der Waals surface area (Å²) in [6.45, 7) is 6.06. The summed E-state index contributed by atoms with van der Waals surface area (Å²) in [4.78, 5) is 17.6. The fraction of sp³-hybridized carbons (Fsp3) is 0.533. The van der Waals surface area contributed by atoms with Gasteiger partial charge < -0.3 is 9.69 Å². The number of anilines is 1. The van der Waals surface area contributed by atoms with Crippen LogP contribution < -0.4 is 4.90 Å². The van der Waals surface area contributed by atoms with Gasteiger partial charge in [-0.15, -0.1) is 0 Å². The normalized spacial score (nSPS) is 17.1. The number of hydrogen-bond donors (Lipinski definition) is 0. The molecule has 0 N–H and O–H groups in total. The van der Waals surface area contributed by atoms with E-state index in [1.165, 1.54) is 0 Å². The summed E-state index contributed by atoms with van der Waals surface area (Å²) in [5.74, 6) is 1.60. The van der Waals surface area contributed by atoms with Crippen molar-refractivity contribution in [2.45, 2.75) is 32.6 Å². The van der Waals surface area contributed by atoms with Crippen LogP contribution in [0.25, 0.3) is 5.52 Å². The Morgan fingerprint density at radius 1 is 1.35 bits per heavy atom. The smallest absolute Gasteiger partial charge is 0.154 e. The van der Waals surface area contributed by atoms with Crippen molar-refractivity contribution < 1.29 is 4.79 Å². The molecule has 2 aromatic heterocycles. The first-order chi connectivity index (χ1) is 9.69. The van der Waals surface area contributed by atoms with Crippen LogP contribution in [0.15, 0.2) is 18.5 Å². The molecular weight excluding hydrogens is 252 g/mol. The molecule has 106 valence electrons. The quantitative estimate of drug-likeness (QED) is 0.804. The first-order valence-electron chi connectivity index (χ1n) is 7.23. The highest BCUT2D eigenvalue weighted by Gasteiger charge is 2.21. The Morgan fingerprint density at radius 3 is 2.75 bits per heavy atom. The van der Waals surface area contributed by atoms with Gasteiger partial charge in [0.2, 0.25) is 0 Å². The zero-order valence-electron chi connectivity index (χ0n) is 12.0. The van der Waals surface area contributed by atoms with Gasteiger partial charge in [0, 0.05) is 31.4 Å². The van der Waals surface area contributed by atoms with Crippen LogP contribution in [0, 0.1) is 5.92 Å². The number of nitrogens with zero attached hydrogens (tertiary/aromatic N) is 4. The number of rotatable bonds is 3. The van der Waals surface area contributed by atoms with E-state index in [1.807, 2.05) is 10.7 Å². The van der Waals surface area contributed by atoms with E-state index < -0.39 is 0 Å². The van der Waals surface area contributed by atoms with Gasteiger partial charge in [-0.3, -0.25) is 0 Å². The Hall–Kier alpha value is -1.91. The van der Waals surface area contributed by atoms with Gasteiger partial charge in [0.05, 0.1) is 5.69 Å². The second-order valence-electron chi connectivity index (χ2n) is 5.77. The van der Waals surface area contributed by atoms with Crippen LogP contribution in [-0.2, 0) is 4.79 Å². The average molecular weight is 272 g/mol. The first kappa shape index (κ1) is 13.1. The molecule has 1 aliphatic heterocycles. The molecule has 2 aromatic rings. The third-order valence-electron chi connectivity index (χ3n) is 4.01. The number of aromatic nitrogens is 3. The Kier molecular flexibility index (Phi) is 3.42. The van der Waals surface area contributed by atoms with Gasteiger partial charge in [-0.1, -0.05) is 13.8 Å². The van der Waals surface area contributed by atoms with Crippen LogP contribution in [0.5, 0.6) is 0 Å². The third kappa shape index (κ3) is 2.28. The molecule has 0 aromatic carbocycles. The maximum atomic E-state index is 10.8. The number of carbonyl (C=O) groups is 1. The molecule has 1 saturated heterocycles. The maximum absolute atomic E-state index is 10.8. The van der Waals surface area contributed by atoms with Crippen molar-refractivity contribution in [2.24, 2.45) is 5.92 Å². The first-order valence-corrected chi connectivity index (χ1v) is 7.23. The summed E-state index contributed by atoms with van der Waals surface area (Å²) in [6, 6.07) is 2.12. The molecule has 0 radical (unpaired) electrons. The lowest BCUT2D eigenvalue weighted by Crippen LogP contribution is -2.34. The minimum absolute atomic E-state index is 0.210. The lowest BCUT2D eigenvalue weighted by atomic mass is 9.98. The van der Waals surface area contributed by atoms with Gasteiger partial charge >= 0.3 is 0 Å². The Morgan fingerprint density at radius 2 is 2.10 bits per heavy atom. The number of aldehydes is 1. The van der Waals surface area contributed by atoms with Gasteiger partial charge in [0.15, 0.2) is 5.82 Å². The van der Waals surface area contributed by atoms with Crippen LogP contribution in [0.1, 0.15) is 38.3 Å². The fourth-order valence-corrected chi connectivity index (χ4v) is 2.70. The molecule has 1 fully saturated rings. The van der Waals surface area contributed by atoms with E-state index >= 15 is 0 Å². The van der Waals surface area contributed by atoms with Crippen molar-refractivity contribution in [1.29, 1.82) is 0 Å². The van der Waals surface area contributed by atoms with Gasteiger partial charge in [-0.2, -0.15) is 5.10 Å². The number of fused-ring (bicyclic) bond motifs is 1. The van der Waals surface area contributed by atoms with Crippen LogP contribution in [0.4, 0.5) is 5.82 Å². The summed E-state index contributed by atoms with van der Waals surface area (Å²) in [7, 11) is 0. The number of hydrogen-bond acceptors (Lipinski definition) is 4. The molecule has 0 aliphatic carbocycles.